The number of hydrogen-bond donors (Lipinski definition) is 0. The van der Waals surface area contributed by atoms with E-state index in [0.717, 1.165) is 18.1 Å². The van der Waals surface area contributed by atoms with Gasteiger partial charge in [0.05, 0.1) is 0 Å². The number of hydrogen-bond acceptors (Lipinski definition) is 3. The van der Waals surface area contributed by atoms with Gasteiger partial charge in [-0.2, -0.15) is 0 Å². The molecule has 2 rings (SSSR count). The van der Waals surface area contributed by atoms with Gasteiger partial charge in [-0.15, -0.1) is 9.24 Å². The Bertz CT molecular complexity index is 565. The minimum Gasteiger partial charge on any atom is -0.444 e. The molecule has 1 aromatic carbocycles. The number of carbonyl (C=O) groups excluding carboxylic acids is 2. The van der Waals surface area contributed by atoms with E-state index in [1.807, 2.05) is 45.0 Å². The molecule has 5 heteroatoms. The quantitative estimate of drug-likeness (QED) is 0.621. The minimum atomic E-state index is -0.512. The second-order valence-electron chi connectivity index (χ2n) is 6.76. The van der Waals surface area contributed by atoms with E-state index in [1.54, 1.807) is 4.90 Å². The summed E-state index contributed by atoms with van der Waals surface area (Å²) < 4.78 is 5.40. The van der Waals surface area contributed by atoms with Crippen LogP contribution in [0.25, 0.3) is 0 Å². The van der Waals surface area contributed by atoms with Gasteiger partial charge in [-0.25, -0.2) is 4.79 Å². The first kappa shape index (κ1) is 17.0. The zero-order chi connectivity index (χ0) is 16.3. The maximum Gasteiger partial charge on any atom is 0.410 e. The van der Waals surface area contributed by atoms with Crippen LogP contribution in [-0.2, 0) is 4.74 Å². The van der Waals surface area contributed by atoms with Crippen LogP contribution in [0.3, 0.4) is 0 Å². The van der Waals surface area contributed by atoms with Crippen LogP contribution >= 0.6 is 9.24 Å². The van der Waals surface area contributed by atoms with Gasteiger partial charge in [0, 0.05) is 24.6 Å². The Labute approximate surface area is 134 Å². The number of amides is 1. The summed E-state index contributed by atoms with van der Waals surface area (Å²) in [5.74, 6) is -0.0365. The monoisotopic (exact) mass is 321 g/mol. The first-order valence-corrected chi connectivity index (χ1v) is 8.22. The number of nitrogens with zero attached hydrogens (tertiary/aromatic N) is 1. The van der Waals surface area contributed by atoms with Crippen molar-refractivity contribution in [3.63, 3.8) is 0 Å². The van der Waals surface area contributed by atoms with Gasteiger partial charge < -0.3 is 9.64 Å². The normalized spacial score (nSPS) is 18.9. The molecular formula is C17H24NO3P. The zero-order valence-electron chi connectivity index (χ0n) is 13.5. The molecule has 0 aliphatic carbocycles. The Morgan fingerprint density at radius 1 is 1.32 bits per heavy atom. The molecule has 4 nitrogen and oxygen atoms in total. The number of ketones is 1. The number of ether oxygens (including phenoxy) is 1. The van der Waals surface area contributed by atoms with Crippen molar-refractivity contribution in [3.8, 4) is 0 Å². The molecule has 1 aromatic rings. The molecule has 0 N–H and O–H groups in total. The Kier molecular flexibility index (Phi) is 5.23. The molecule has 0 spiro atoms. The smallest absolute Gasteiger partial charge is 0.410 e. The molecule has 0 aromatic heterocycles. The Hall–Kier alpha value is -1.41. The maximum absolute atomic E-state index is 12.6. The lowest BCUT2D eigenvalue weighted by molar-refractivity contribution is 0.0172. The lowest BCUT2D eigenvalue weighted by Gasteiger charge is -2.33. The van der Waals surface area contributed by atoms with Crippen LogP contribution in [-0.4, -0.2) is 35.5 Å². The molecule has 0 bridgehead atoms. The van der Waals surface area contributed by atoms with Gasteiger partial charge >= 0.3 is 6.09 Å². The van der Waals surface area contributed by atoms with E-state index in [1.165, 1.54) is 0 Å². The summed E-state index contributed by atoms with van der Waals surface area (Å²) in [5, 5.41) is 0.991. The summed E-state index contributed by atoms with van der Waals surface area (Å²) in [4.78, 5) is 26.4. The van der Waals surface area contributed by atoms with Gasteiger partial charge in [-0.05, 0) is 45.0 Å². The van der Waals surface area contributed by atoms with Crippen molar-refractivity contribution in [1.29, 1.82) is 0 Å². The van der Waals surface area contributed by atoms with Crippen molar-refractivity contribution >= 4 is 26.4 Å². The van der Waals surface area contributed by atoms with Crippen LogP contribution in [0.1, 0.15) is 44.0 Å². The fourth-order valence-corrected chi connectivity index (χ4v) is 2.90. The molecular weight excluding hydrogens is 297 g/mol. The molecule has 2 atom stereocenters. The van der Waals surface area contributed by atoms with Crippen LogP contribution in [0.5, 0.6) is 0 Å². The molecule has 1 aliphatic rings. The third-order valence-electron chi connectivity index (χ3n) is 3.62. The van der Waals surface area contributed by atoms with Gasteiger partial charge in [0.15, 0.2) is 5.78 Å². The lowest BCUT2D eigenvalue weighted by atomic mass is 9.90. The van der Waals surface area contributed by atoms with Gasteiger partial charge in [-0.1, -0.05) is 18.2 Å². The summed E-state index contributed by atoms with van der Waals surface area (Å²) >= 11 is 0. The number of piperidine rings is 1. The molecule has 1 aliphatic heterocycles. The second-order valence-corrected chi connectivity index (χ2v) is 7.42. The summed E-state index contributed by atoms with van der Waals surface area (Å²) in [6, 6.07) is 7.53. The van der Waals surface area contributed by atoms with Gasteiger partial charge in [-0.3, -0.25) is 4.79 Å². The topological polar surface area (TPSA) is 46.6 Å². The largest absolute Gasteiger partial charge is 0.444 e. The Morgan fingerprint density at radius 3 is 2.68 bits per heavy atom. The zero-order valence-corrected chi connectivity index (χ0v) is 14.6. The van der Waals surface area contributed by atoms with Crippen LogP contribution in [0, 0.1) is 5.92 Å². The van der Waals surface area contributed by atoms with E-state index in [9.17, 15) is 9.59 Å². The van der Waals surface area contributed by atoms with Crippen LogP contribution in [0.4, 0.5) is 4.79 Å². The summed E-state index contributed by atoms with van der Waals surface area (Å²) in [5.41, 5.74) is 0.200. The molecule has 2 unspecified atom stereocenters. The molecule has 22 heavy (non-hydrogen) atoms. The minimum absolute atomic E-state index is 0.109. The van der Waals surface area contributed by atoms with Gasteiger partial charge in [0.1, 0.15) is 5.60 Å². The van der Waals surface area contributed by atoms with E-state index in [-0.39, 0.29) is 17.8 Å². The van der Waals surface area contributed by atoms with Gasteiger partial charge in [0.25, 0.3) is 0 Å². The highest BCUT2D eigenvalue weighted by molar-refractivity contribution is 7.27. The van der Waals surface area contributed by atoms with Crippen molar-refractivity contribution in [3.05, 3.63) is 29.8 Å². The lowest BCUT2D eigenvalue weighted by Crippen LogP contribution is -2.44. The van der Waals surface area contributed by atoms with E-state index in [2.05, 4.69) is 9.24 Å². The number of benzene rings is 1. The number of rotatable bonds is 2. The molecule has 1 heterocycles. The molecule has 0 saturated carbocycles. The van der Waals surface area contributed by atoms with E-state index in [0.29, 0.717) is 18.7 Å². The standard InChI is InChI=1S/C17H24NO3P/c1-17(2,3)21-16(20)18-9-5-7-13(11-18)15(19)12-6-4-8-14(22)10-12/h4,6,8,10,13H,5,7,9,11,22H2,1-3H3. The average molecular weight is 321 g/mol. The molecule has 1 amide bonds. The Morgan fingerprint density at radius 2 is 2.05 bits per heavy atom. The maximum atomic E-state index is 12.6. The number of likely N-dealkylation sites (tertiary alicyclic amines) is 1. The summed E-state index contributed by atoms with van der Waals surface area (Å²) in [6.45, 7) is 6.64. The molecule has 0 radical (unpaired) electrons. The fraction of sp³-hybridized carbons (Fsp3) is 0.529. The SMILES string of the molecule is CC(C)(C)OC(=O)N1CCCC(C(=O)c2cccc(P)c2)C1. The van der Waals surface area contributed by atoms with Crippen molar-refractivity contribution in [2.24, 2.45) is 5.92 Å². The third-order valence-corrected chi connectivity index (χ3v) is 3.97. The number of carbonyl (C=O) groups is 2. The summed E-state index contributed by atoms with van der Waals surface area (Å²) in [6.07, 6.45) is 1.32. The number of Topliss-reactive ketones (excluding diaryl/α,β-unsaturated/α-hetero) is 1. The molecule has 1 saturated heterocycles. The molecule has 120 valence electrons. The average Bonchev–Trinajstić information content (AvgIpc) is 2.45. The van der Waals surface area contributed by atoms with Gasteiger partial charge in [0.2, 0.25) is 0 Å². The predicted octanol–water partition coefficient (Wildman–Crippen LogP) is 3.02. The van der Waals surface area contributed by atoms with E-state index < -0.39 is 5.60 Å². The predicted molar refractivity (Wildman–Crippen MR) is 90.6 cm³/mol. The third kappa shape index (κ3) is 4.54. The second kappa shape index (κ2) is 6.78. The van der Waals surface area contributed by atoms with Crippen molar-refractivity contribution in [1.82, 2.24) is 4.90 Å². The van der Waals surface area contributed by atoms with Crippen LogP contribution < -0.4 is 5.30 Å². The first-order chi connectivity index (χ1) is 10.3. The molecule has 1 fully saturated rings. The highest BCUT2D eigenvalue weighted by Gasteiger charge is 2.31. The first-order valence-electron chi connectivity index (χ1n) is 7.64. The van der Waals surface area contributed by atoms with E-state index >= 15 is 0 Å². The Balaban J connectivity index is 2.04. The highest BCUT2D eigenvalue weighted by Crippen LogP contribution is 2.22. The van der Waals surface area contributed by atoms with Crippen LogP contribution in [0.15, 0.2) is 24.3 Å². The van der Waals surface area contributed by atoms with Crippen LogP contribution in [0.2, 0.25) is 0 Å². The summed E-state index contributed by atoms with van der Waals surface area (Å²) in [7, 11) is 2.60. The highest BCUT2D eigenvalue weighted by atomic mass is 31.0. The fourth-order valence-electron chi connectivity index (χ4n) is 2.61. The van der Waals surface area contributed by atoms with Crippen molar-refractivity contribution < 1.29 is 14.3 Å². The van der Waals surface area contributed by atoms with E-state index in [4.69, 9.17) is 4.74 Å². The van der Waals surface area contributed by atoms with Crippen molar-refractivity contribution in [2.45, 2.75) is 39.2 Å². The van der Waals surface area contributed by atoms with Crippen molar-refractivity contribution in [2.75, 3.05) is 13.1 Å².